The van der Waals surface area contributed by atoms with Crippen LogP contribution in [-0.2, 0) is 71.2 Å². The third kappa shape index (κ3) is 15.0. The van der Waals surface area contributed by atoms with E-state index in [2.05, 4.69) is 16.0 Å². The number of aliphatic hydroxyl groups is 18. The maximum Gasteiger partial charge on any atom is 0.217 e. The molecular formula is C44H75N3O33. The maximum atomic E-state index is 12.4. The maximum absolute atomic E-state index is 12.4. The summed E-state index contributed by atoms with van der Waals surface area (Å²) in [7, 11) is 0. The van der Waals surface area contributed by atoms with Gasteiger partial charge in [0.2, 0.25) is 18.2 Å². The Hall–Kier alpha value is -2.79. The highest BCUT2D eigenvalue weighted by Crippen LogP contribution is 2.36. The van der Waals surface area contributed by atoms with Crippen molar-refractivity contribution in [3.8, 4) is 0 Å². The molecule has 0 aromatic carbocycles. The van der Waals surface area contributed by atoms with Crippen LogP contribution in [0.4, 0.5) is 0 Å². The van der Waals surface area contributed by atoms with Crippen LogP contribution < -0.4 is 16.0 Å². The van der Waals surface area contributed by atoms with Gasteiger partial charge in [-0.1, -0.05) is 0 Å². The van der Waals surface area contributed by atoms with Crippen molar-refractivity contribution < 1.29 is 163 Å². The van der Waals surface area contributed by atoms with E-state index in [1.54, 1.807) is 0 Å². The zero-order valence-electron chi connectivity index (χ0n) is 42.8. The van der Waals surface area contributed by atoms with Crippen molar-refractivity contribution in [1.82, 2.24) is 16.0 Å². The molecule has 0 aromatic heterocycles. The average Bonchev–Trinajstić information content (AvgIpc) is 3.45. The molecule has 6 fully saturated rings. The minimum atomic E-state index is -2.23. The van der Waals surface area contributed by atoms with Crippen LogP contribution in [0.15, 0.2) is 0 Å². The fraction of sp³-hybridized carbons (Fsp3) is 0.932. The molecule has 0 aliphatic carbocycles. The summed E-state index contributed by atoms with van der Waals surface area (Å²) in [5.74, 6) is -1.62. The number of rotatable bonds is 24. The smallest absolute Gasteiger partial charge is 0.217 e. The van der Waals surface area contributed by atoms with Gasteiger partial charge in [0.15, 0.2) is 37.7 Å². The first-order valence-corrected chi connectivity index (χ1v) is 25.3. The average molecular weight is 1170 g/mol. The van der Waals surface area contributed by atoms with E-state index in [0.717, 1.165) is 13.8 Å². The Morgan fingerprint density at radius 3 is 1.29 bits per heavy atom. The van der Waals surface area contributed by atoms with Crippen LogP contribution in [0.5, 0.6) is 0 Å². The van der Waals surface area contributed by atoms with Crippen molar-refractivity contribution in [3.05, 3.63) is 0 Å². The number of carbonyl (C=O) groups excluding carboxylic acids is 3. The molecule has 31 atom stereocenters. The Bertz CT molecular complexity index is 1920. The minimum absolute atomic E-state index is 0.279. The Kier molecular flexibility index (Phi) is 24.7. The minimum Gasteiger partial charge on any atom is -0.394 e. The molecule has 80 heavy (non-hydrogen) atoms. The normalized spacial score (nSPS) is 46.8. The highest BCUT2D eigenvalue weighted by atomic mass is 16.8. The van der Waals surface area contributed by atoms with Crippen LogP contribution in [0, 0.1) is 0 Å². The predicted molar refractivity (Wildman–Crippen MR) is 246 cm³/mol. The van der Waals surface area contributed by atoms with E-state index in [9.17, 15) is 106 Å². The number of ether oxygens (including phenoxy) is 12. The van der Waals surface area contributed by atoms with Gasteiger partial charge in [-0.2, -0.15) is 0 Å². The lowest BCUT2D eigenvalue weighted by Crippen LogP contribution is -2.69. The quantitative estimate of drug-likeness (QED) is 0.0399. The summed E-state index contributed by atoms with van der Waals surface area (Å²) in [5.41, 5.74) is 0. The van der Waals surface area contributed by atoms with E-state index in [1.165, 1.54) is 0 Å². The summed E-state index contributed by atoms with van der Waals surface area (Å²) in [6, 6.07) is -4.32. The topological polar surface area (TPSA) is 562 Å². The zero-order chi connectivity index (χ0) is 59.0. The van der Waals surface area contributed by atoms with Gasteiger partial charge in [-0.05, 0) is 0 Å². The van der Waals surface area contributed by atoms with Crippen molar-refractivity contribution >= 4 is 18.2 Å². The number of amides is 3. The van der Waals surface area contributed by atoms with Crippen LogP contribution in [0.25, 0.3) is 0 Å². The number of hydrogen-bond acceptors (Lipinski definition) is 33. The molecule has 36 nitrogen and oxygen atoms in total. The molecule has 0 spiro atoms. The summed E-state index contributed by atoms with van der Waals surface area (Å²) in [5, 5.41) is 200. The standard InChI is InChI=1S/C44H75N3O33/c1-12(55)46-21-26(60)24(58)20(10-70-39-22(47-13(2)56)27(61)35(17(6-51)73-39)77-42-31(65)28(62)23(57)15(4-49)71-42)76-40(21)80-38-25(59)16(5-50)72-44(34(38)68)79-37-19(8-53)75-43(33(67)30(37)64)78-36-18(7-52)74-41(32(66)29(36)63)69-9-14(3-48)45-11-54/h11,14-44,48-53,57-68H,3-10H2,1-2H3,(H,45,54)(H,46,55)(H,47,56)/t14-,15-,16-,17-,18-,19-,20-,21-,22-,23+,24+,25+,26-,27-,28+,29-,30-,31-,32-,33-,34-,35-,36-,37+,38+,39-,40+,41-,42+,43+,44-/m1/s1. The van der Waals surface area contributed by atoms with Gasteiger partial charge in [0.05, 0.1) is 58.9 Å². The number of hydrogen-bond donors (Lipinski definition) is 21. The second kappa shape index (κ2) is 29.8. The van der Waals surface area contributed by atoms with Crippen LogP contribution in [0.2, 0.25) is 0 Å². The van der Waals surface area contributed by atoms with E-state index in [4.69, 9.17) is 56.8 Å². The number of nitrogens with one attached hydrogen (secondary N) is 3. The molecule has 6 saturated heterocycles. The molecule has 0 saturated carbocycles. The van der Waals surface area contributed by atoms with Crippen molar-refractivity contribution in [1.29, 1.82) is 0 Å². The first-order chi connectivity index (χ1) is 38.0. The third-order valence-corrected chi connectivity index (χ3v) is 14.2. The molecule has 21 N–H and O–H groups in total. The second-order valence-electron chi connectivity index (χ2n) is 19.7. The first kappa shape index (κ1) is 66.4. The summed E-state index contributed by atoms with van der Waals surface area (Å²) in [6.07, 6.45) is -52.3. The molecule has 0 bridgehead atoms. The Morgan fingerprint density at radius 1 is 0.412 bits per heavy atom. The van der Waals surface area contributed by atoms with Crippen LogP contribution in [-0.4, -0.2) is 353 Å². The van der Waals surface area contributed by atoms with Crippen molar-refractivity contribution in [2.75, 3.05) is 52.9 Å². The summed E-state index contributed by atoms with van der Waals surface area (Å²) >= 11 is 0. The molecule has 0 unspecified atom stereocenters. The van der Waals surface area contributed by atoms with E-state index in [1.807, 2.05) is 0 Å². The second-order valence-corrected chi connectivity index (χ2v) is 19.7. The SMILES string of the molecule is CC(=O)N[C@H]1[C@H](OC[C@H]2O[C@@H](O[C@H]3[C@@H](O)[C@@H](CO)O[C@H](O[C@@H]4[C@H](O)[C@@H](O)[C@H](O[C@H]5[C@H](O)[C@@H](O)[C@H](OC[C@@H](CO)NC=O)O[C@@H]5CO)O[C@@H]4CO)[C@@H]3O)[C@H](NC(C)=O)[C@@H](O)[C@H]2O)O[C@H](CO)[C@@H](O[C@@H]2O[C@H](CO)[C@H](O)[C@H](O)[C@H]2O)[C@@H]1O. The molecule has 0 aromatic rings. The Morgan fingerprint density at radius 2 is 0.800 bits per heavy atom. The lowest BCUT2D eigenvalue weighted by atomic mass is 9.94. The van der Waals surface area contributed by atoms with E-state index < -0.39 is 255 Å². The van der Waals surface area contributed by atoms with Crippen molar-refractivity contribution in [2.24, 2.45) is 0 Å². The fourth-order valence-corrected chi connectivity index (χ4v) is 9.81. The highest BCUT2D eigenvalue weighted by molar-refractivity contribution is 5.73. The fourth-order valence-electron chi connectivity index (χ4n) is 9.81. The van der Waals surface area contributed by atoms with Gasteiger partial charge in [-0.3, -0.25) is 14.4 Å². The molecule has 36 heteroatoms. The van der Waals surface area contributed by atoms with Gasteiger partial charge in [0, 0.05) is 13.8 Å². The van der Waals surface area contributed by atoms with Crippen molar-refractivity contribution in [3.63, 3.8) is 0 Å². The molecule has 6 heterocycles. The summed E-state index contributed by atoms with van der Waals surface area (Å²) in [4.78, 5) is 35.7. The van der Waals surface area contributed by atoms with Gasteiger partial charge in [0.1, 0.15) is 146 Å². The lowest BCUT2D eigenvalue weighted by molar-refractivity contribution is -0.387. The van der Waals surface area contributed by atoms with E-state index in [-0.39, 0.29) is 6.41 Å². The monoisotopic (exact) mass is 1170 g/mol. The molecular weight excluding hydrogens is 1100 g/mol. The van der Waals surface area contributed by atoms with E-state index in [0.29, 0.717) is 0 Å². The molecule has 6 aliphatic heterocycles. The van der Waals surface area contributed by atoms with Gasteiger partial charge in [0.25, 0.3) is 0 Å². The van der Waals surface area contributed by atoms with Gasteiger partial charge >= 0.3 is 0 Å². The van der Waals surface area contributed by atoms with E-state index >= 15 is 0 Å². The lowest BCUT2D eigenvalue weighted by Gasteiger charge is -2.49. The number of carbonyl (C=O) groups is 3. The molecule has 464 valence electrons. The van der Waals surface area contributed by atoms with Gasteiger partial charge in [-0.15, -0.1) is 0 Å². The molecule has 0 radical (unpaired) electrons. The Labute approximate surface area is 453 Å². The van der Waals surface area contributed by atoms with Crippen LogP contribution in [0.3, 0.4) is 0 Å². The van der Waals surface area contributed by atoms with Crippen LogP contribution >= 0.6 is 0 Å². The number of aliphatic hydroxyl groups excluding tert-OH is 18. The zero-order valence-corrected chi connectivity index (χ0v) is 42.8. The first-order valence-electron chi connectivity index (χ1n) is 25.3. The van der Waals surface area contributed by atoms with Crippen LogP contribution in [0.1, 0.15) is 13.8 Å². The predicted octanol–water partition coefficient (Wildman–Crippen LogP) is -14.7. The third-order valence-electron chi connectivity index (χ3n) is 14.2. The molecule has 6 rings (SSSR count). The van der Waals surface area contributed by atoms with Crippen molar-refractivity contribution in [2.45, 2.75) is 204 Å². The van der Waals surface area contributed by atoms with Gasteiger partial charge in [-0.25, -0.2) is 0 Å². The molecule has 3 amide bonds. The Balaban J connectivity index is 1.15. The van der Waals surface area contributed by atoms with Gasteiger partial charge < -0.3 is 165 Å². The summed E-state index contributed by atoms with van der Waals surface area (Å²) < 4.78 is 68.4. The highest BCUT2D eigenvalue weighted by Gasteiger charge is 2.57. The summed E-state index contributed by atoms with van der Waals surface area (Å²) in [6.45, 7) is -4.59. The molecule has 6 aliphatic rings. The largest absolute Gasteiger partial charge is 0.394 e.